The van der Waals surface area contributed by atoms with Gasteiger partial charge in [0.25, 0.3) is 0 Å². The number of hydrogen-bond donors (Lipinski definition) is 1. The number of urea groups is 1. The second-order valence-corrected chi connectivity index (χ2v) is 4.99. The first kappa shape index (κ1) is 14.6. The van der Waals surface area contributed by atoms with Gasteiger partial charge in [0.2, 0.25) is 0 Å². The summed E-state index contributed by atoms with van der Waals surface area (Å²) in [7, 11) is 0. The van der Waals surface area contributed by atoms with Crippen molar-refractivity contribution in [3.63, 3.8) is 0 Å². The van der Waals surface area contributed by atoms with Gasteiger partial charge < -0.3 is 14.7 Å². The molecule has 0 spiro atoms. The molecule has 1 aliphatic heterocycles. The van der Waals surface area contributed by atoms with Gasteiger partial charge in [-0.15, -0.1) is 0 Å². The molecule has 2 rings (SSSR count). The van der Waals surface area contributed by atoms with E-state index in [2.05, 4.69) is 20.0 Å². The average Bonchev–Trinajstić information content (AvgIpc) is 2.96. The fraction of sp³-hybridized carbons (Fsp3) is 0.727. The lowest BCUT2D eigenvalue weighted by molar-refractivity contribution is -0.159. The van der Waals surface area contributed by atoms with Gasteiger partial charge in [-0.3, -0.25) is 0 Å². The topological polar surface area (TPSA) is 71.3 Å². The summed E-state index contributed by atoms with van der Waals surface area (Å²) < 4.78 is 41.3. The van der Waals surface area contributed by atoms with Crippen LogP contribution < -0.4 is 5.32 Å². The van der Waals surface area contributed by atoms with Crippen LogP contribution in [0.5, 0.6) is 0 Å². The Balaban J connectivity index is 1.99. The highest BCUT2D eigenvalue weighted by Crippen LogP contribution is 2.31. The van der Waals surface area contributed by atoms with Crippen LogP contribution in [-0.4, -0.2) is 40.2 Å². The average molecular weight is 292 g/mol. The first-order chi connectivity index (χ1) is 9.27. The molecule has 1 saturated heterocycles. The van der Waals surface area contributed by atoms with E-state index in [4.69, 9.17) is 0 Å². The number of halogens is 3. The first-order valence-corrected chi connectivity index (χ1v) is 6.23. The zero-order valence-electron chi connectivity index (χ0n) is 11.1. The predicted molar refractivity (Wildman–Crippen MR) is 61.9 cm³/mol. The summed E-state index contributed by atoms with van der Waals surface area (Å²) in [4.78, 5) is 16.7. The van der Waals surface area contributed by atoms with Crippen LogP contribution >= 0.6 is 0 Å². The van der Waals surface area contributed by atoms with Gasteiger partial charge in [0.15, 0.2) is 5.82 Å². The summed E-state index contributed by atoms with van der Waals surface area (Å²) >= 11 is 0. The van der Waals surface area contributed by atoms with E-state index in [1.807, 2.05) is 13.8 Å². The van der Waals surface area contributed by atoms with E-state index < -0.39 is 12.1 Å². The number of nitrogens with one attached hydrogen (secondary N) is 1. The molecular formula is C11H15F3N4O2. The van der Waals surface area contributed by atoms with Gasteiger partial charge in [0.05, 0.1) is 0 Å². The number of aromatic nitrogens is 2. The highest BCUT2D eigenvalue weighted by atomic mass is 19.4. The molecule has 1 aromatic heterocycles. The molecule has 2 amide bonds. The molecule has 0 aliphatic carbocycles. The molecule has 0 aromatic carbocycles. The number of amides is 2. The van der Waals surface area contributed by atoms with Crippen LogP contribution in [0.3, 0.4) is 0 Å². The van der Waals surface area contributed by atoms with Crippen molar-refractivity contribution in [3.05, 3.63) is 11.7 Å². The van der Waals surface area contributed by atoms with Gasteiger partial charge in [0.1, 0.15) is 0 Å². The van der Waals surface area contributed by atoms with Crippen molar-refractivity contribution in [2.45, 2.75) is 38.4 Å². The molecular weight excluding hydrogens is 277 g/mol. The fourth-order valence-corrected chi connectivity index (χ4v) is 2.01. The quantitative estimate of drug-likeness (QED) is 0.905. The molecule has 1 aliphatic rings. The lowest BCUT2D eigenvalue weighted by atomic mass is 10.1. The van der Waals surface area contributed by atoms with Crippen LogP contribution in [-0.2, 0) is 6.18 Å². The molecule has 0 bridgehead atoms. The molecule has 1 fully saturated rings. The second kappa shape index (κ2) is 5.29. The molecule has 6 nitrogen and oxygen atoms in total. The lowest BCUT2D eigenvalue weighted by Gasteiger charge is -2.18. The van der Waals surface area contributed by atoms with E-state index in [1.54, 1.807) is 0 Å². The highest BCUT2D eigenvalue weighted by molar-refractivity contribution is 5.74. The number of rotatable bonds is 2. The number of hydrogen-bond acceptors (Lipinski definition) is 4. The summed E-state index contributed by atoms with van der Waals surface area (Å²) in [6, 6.07) is -0.231. The molecule has 20 heavy (non-hydrogen) atoms. The Hall–Kier alpha value is -1.80. The van der Waals surface area contributed by atoms with Crippen molar-refractivity contribution in [1.82, 2.24) is 20.4 Å². The largest absolute Gasteiger partial charge is 0.471 e. The summed E-state index contributed by atoms with van der Waals surface area (Å²) in [5, 5.41) is 6.08. The van der Waals surface area contributed by atoms with Gasteiger partial charge in [-0.2, -0.15) is 18.2 Å². The van der Waals surface area contributed by atoms with Gasteiger partial charge in [0, 0.05) is 25.0 Å². The number of alkyl halides is 3. The van der Waals surface area contributed by atoms with Crippen LogP contribution in [0.2, 0.25) is 0 Å². The van der Waals surface area contributed by atoms with Gasteiger partial charge >= 0.3 is 18.1 Å². The molecule has 1 N–H and O–H groups in total. The Bertz CT molecular complexity index is 486. The minimum Gasteiger partial charge on any atom is -0.336 e. The maximum Gasteiger partial charge on any atom is 0.471 e. The Labute approximate surface area is 113 Å². The standard InChI is InChI=1S/C11H15F3N4O2/c1-6(2)15-10(19)18-4-3-7(5-18)8-16-9(20-17-8)11(12,13)14/h6-7H,3-5H2,1-2H3,(H,15,19)/t7-/m1/s1. The number of carbonyl (C=O) groups excluding carboxylic acids is 1. The lowest BCUT2D eigenvalue weighted by Crippen LogP contribution is -2.41. The van der Waals surface area contributed by atoms with Crippen molar-refractivity contribution >= 4 is 6.03 Å². The number of carbonyl (C=O) groups is 1. The second-order valence-electron chi connectivity index (χ2n) is 4.99. The van der Waals surface area contributed by atoms with E-state index in [-0.39, 0.29) is 30.4 Å². The Morgan fingerprint density at radius 1 is 1.50 bits per heavy atom. The summed E-state index contributed by atoms with van der Waals surface area (Å²) in [5.41, 5.74) is 0. The van der Waals surface area contributed by atoms with Crippen molar-refractivity contribution in [1.29, 1.82) is 0 Å². The smallest absolute Gasteiger partial charge is 0.336 e. The SMILES string of the molecule is CC(C)NC(=O)N1CC[C@@H](c2noc(C(F)(F)F)n2)C1. The van der Waals surface area contributed by atoms with E-state index in [1.165, 1.54) is 4.90 Å². The van der Waals surface area contributed by atoms with Crippen molar-refractivity contribution in [2.24, 2.45) is 0 Å². The van der Waals surface area contributed by atoms with Crippen LogP contribution in [0.4, 0.5) is 18.0 Å². The van der Waals surface area contributed by atoms with Crippen molar-refractivity contribution in [2.75, 3.05) is 13.1 Å². The zero-order chi connectivity index (χ0) is 14.9. The third-order valence-electron chi connectivity index (χ3n) is 2.94. The Kier molecular flexibility index (Phi) is 3.87. The van der Waals surface area contributed by atoms with E-state index in [0.717, 1.165) is 0 Å². The highest BCUT2D eigenvalue weighted by Gasteiger charge is 2.40. The van der Waals surface area contributed by atoms with E-state index in [0.29, 0.717) is 13.0 Å². The van der Waals surface area contributed by atoms with E-state index >= 15 is 0 Å². The Morgan fingerprint density at radius 2 is 2.20 bits per heavy atom. The van der Waals surface area contributed by atoms with Crippen LogP contribution in [0.15, 0.2) is 4.52 Å². The van der Waals surface area contributed by atoms with Crippen LogP contribution in [0.1, 0.15) is 37.9 Å². The molecule has 9 heteroatoms. The predicted octanol–water partition coefficient (Wildman–Crippen LogP) is 2.00. The molecule has 1 atom stereocenters. The number of likely N-dealkylation sites (tertiary alicyclic amines) is 1. The van der Waals surface area contributed by atoms with Crippen molar-refractivity contribution < 1.29 is 22.5 Å². The summed E-state index contributed by atoms with van der Waals surface area (Å²) in [5.74, 6) is -1.68. The summed E-state index contributed by atoms with van der Waals surface area (Å²) in [6.45, 7) is 4.41. The zero-order valence-corrected chi connectivity index (χ0v) is 11.1. The molecule has 2 heterocycles. The minimum atomic E-state index is -4.64. The first-order valence-electron chi connectivity index (χ1n) is 6.23. The monoisotopic (exact) mass is 292 g/mol. The summed E-state index contributed by atoms with van der Waals surface area (Å²) in [6.07, 6.45) is -4.12. The number of nitrogens with zero attached hydrogens (tertiary/aromatic N) is 3. The van der Waals surface area contributed by atoms with Crippen LogP contribution in [0.25, 0.3) is 0 Å². The molecule has 112 valence electrons. The molecule has 1 aromatic rings. The minimum absolute atomic E-state index is 0.00262. The van der Waals surface area contributed by atoms with Crippen molar-refractivity contribution in [3.8, 4) is 0 Å². The Morgan fingerprint density at radius 3 is 2.75 bits per heavy atom. The third-order valence-corrected chi connectivity index (χ3v) is 2.94. The fourth-order valence-electron chi connectivity index (χ4n) is 2.01. The van der Waals surface area contributed by atoms with Gasteiger partial charge in [-0.1, -0.05) is 5.16 Å². The molecule has 0 radical (unpaired) electrons. The maximum atomic E-state index is 12.4. The maximum absolute atomic E-state index is 12.4. The molecule has 0 saturated carbocycles. The molecule has 0 unspecified atom stereocenters. The van der Waals surface area contributed by atoms with Gasteiger partial charge in [-0.25, -0.2) is 4.79 Å². The normalized spacial score (nSPS) is 19.7. The van der Waals surface area contributed by atoms with Gasteiger partial charge in [-0.05, 0) is 20.3 Å². The third kappa shape index (κ3) is 3.20. The van der Waals surface area contributed by atoms with E-state index in [9.17, 15) is 18.0 Å². The van der Waals surface area contributed by atoms with Crippen LogP contribution in [0, 0.1) is 0 Å².